The largest absolute Gasteiger partial charge is 0.364 e. The van der Waals surface area contributed by atoms with Gasteiger partial charge in [0.1, 0.15) is 0 Å². The number of piperidine rings is 1. The highest BCUT2D eigenvalue weighted by Crippen LogP contribution is 2.32. The van der Waals surface area contributed by atoms with Crippen molar-refractivity contribution in [2.75, 3.05) is 18.0 Å². The number of benzene rings is 1. The summed E-state index contributed by atoms with van der Waals surface area (Å²) in [5, 5.41) is 0.764. The van der Waals surface area contributed by atoms with Crippen molar-refractivity contribution in [3.8, 4) is 0 Å². The number of hydrogen-bond donors (Lipinski definition) is 0. The zero-order chi connectivity index (χ0) is 12.6. The van der Waals surface area contributed by atoms with Crippen molar-refractivity contribution in [3.05, 3.63) is 28.8 Å². The Balaban J connectivity index is 2.26. The van der Waals surface area contributed by atoms with E-state index in [0.29, 0.717) is 12.3 Å². The van der Waals surface area contributed by atoms with Gasteiger partial charge in [0, 0.05) is 22.7 Å². The molecule has 1 heterocycles. The predicted octanol–water partition coefficient (Wildman–Crippen LogP) is 3.45. The highest BCUT2D eigenvalue weighted by atomic mass is 35.5. The lowest BCUT2D eigenvalue weighted by Gasteiger charge is -2.37. The van der Waals surface area contributed by atoms with Gasteiger partial charge >= 0.3 is 0 Å². The lowest BCUT2D eigenvalue weighted by atomic mass is 9.81. The van der Waals surface area contributed by atoms with Gasteiger partial charge in [-0.15, -0.1) is 0 Å². The summed E-state index contributed by atoms with van der Waals surface area (Å²) in [6.45, 7) is 7.46. The molecule has 0 saturated carbocycles. The van der Waals surface area contributed by atoms with Crippen LogP contribution in [-0.4, -0.2) is 18.9 Å². The standard InChI is InChI=1S/C14H18ClNO/c1-10-11(15)5-4-6-12(10)16-8-7-14(2,3)13(17)9-16/h4-6H,7-9H2,1-3H3. The van der Waals surface area contributed by atoms with E-state index in [1.165, 1.54) is 0 Å². The second kappa shape index (κ2) is 4.34. The van der Waals surface area contributed by atoms with Gasteiger partial charge in [0.2, 0.25) is 0 Å². The number of anilines is 1. The predicted molar refractivity (Wildman–Crippen MR) is 71.8 cm³/mol. The van der Waals surface area contributed by atoms with E-state index in [1.807, 2.05) is 39.0 Å². The molecule has 0 bridgehead atoms. The molecule has 0 aliphatic carbocycles. The van der Waals surface area contributed by atoms with Gasteiger partial charge in [-0.1, -0.05) is 31.5 Å². The summed E-state index contributed by atoms with van der Waals surface area (Å²) in [4.78, 5) is 14.2. The molecule has 0 radical (unpaired) electrons. The Morgan fingerprint density at radius 3 is 2.71 bits per heavy atom. The van der Waals surface area contributed by atoms with Crippen LogP contribution in [0.25, 0.3) is 0 Å². The molecular weight excluding hydrogens is 234 g/mol. The summed E-state index contributed by atoms with van der Waals surface area (Å²) in [5.74, 6) is 0.308. The highest BCUT2D eigenvalue weighted by molar-refractivity contribution is 6.31. The monoisotopic (exact) mass is 251 g/mol. The van der Waals surface area contributed by atoms with Crippen molar-refractivity contribution in [3.63, 3.8) is 0 Å². The first-order valence-corrected chi connectivity index (χ1v) is 6.33. The molecule has 1 fully saturated rings. The minimum Gasteiger partial charge on any atom is -0.364 e. The molecule has 2 rings (SSSR count). The second-order valence-corrected chi connectivity index (χ2v) is 5.77. The van der Waals surface area contributed by atoms with Gasteiger partial charge in [0.05, 0.1) is 6.54 Å². The van der Waals surface area contributed by atoms with Crippen LogP contribution in [0.15, 0.2) is 18.2 Å². The summed E-state index contributed by atoms with van der Waals surface area (Å²) in [7, 11) is 0. The molecule has 1 aromatic rings. The summed E-state index contributed by atoms with van der Waals surface area (Å²) in [6, 6.07) is 5.86. The zero-order valence-corrected chi connectivity index (χ0v) is 11.3. The lowest BCUT2D eigenvalue weighted by molar-refractivity contribution is -0.127. The Labute approximate surface area is 108 Å². The molecule has 1 saturated heterocycles. The van der Waals surface area contributed by atoms with Crippen molar-refractivity contribution in [1.82, 2.24) is 0 Å². The molecule has 1 aliphatic rings. The SMILES string of the molecule is Cc1c(Cl)cccc1N1CCC(C)(C)C(=O)C1. The smallest absolute Gasteiger partial charge is 0.157 e. The van der Waals surface area contributed by atoms with E-state index >= 15 is 0 Å². The third-order valence-electron chi connectivity index (χ3n) is 3.68. The van der Waals surface area contributed by atoms with Gasteiger partial charge in [-0.2, -0.15) is 0 Å². The van der Waals surface area contributed by atoms with E-state index < -0.39 is 0 Å². The first-order chi connectivity index (χ1) is 7.92. The van der Waals surface area contributed by atoms with Crippen molar-refractivity contribution in [2.45, 2.75) is 27.2 Å². The molecule has 0 unspecified atom stereocenters. The van der Waals surface area contributed by atoms with Crippen molar-refractivity contribution >= 4 is 23.1 Å². The number of carbonyl (C=O) groups is 1. The summed E-state index contributed by atoms with van der Waals surface area (Å²) < 4.78 is 0. The molecule has 0 N–H and O–H groups in total. The Bertz CT molecular complexity index is 454. The van der Waals surface area contributed by atoms with E-state index in [1.54, 1.807) is 0 Å². The molecule has 17 heavy (non-hydrogen) atoms. The molecule has 0 atom stereocenters. The summed E-state index contributed by atoms with van der Waals surface area (Å²) in [5.41, 5.74) is 1.96. The van der Waals surface area contributed by atoms with E-state index in [0.717, 1.165) is 29.2 Å². The molecule has 0 amide bonds. The van der Waals surface area contributed by atoms with Crippen LogP contribution in [-0.2, 0) is 4.79 Å². The van der Waals surface area contributed by atoms with E-state index in [2.05, 4.69) is 4.90 Å². The Morgan fingerprint density at radius 1 is 1.35 bits per heavy atom. The van der Waals surface area contributed by atoms with E-state index in [-0.39, 0.29) is 5.41 Å². The fourth-order valence-corrected chi connectivity index (χ4v) is 2.33. The highest BCUT2D eigenvalue weighted by Gasteiger charge is 2.34. The molecule has 1 aromatic carbocycles. The third kappa shape index (κ3) is 2.32. The van der Waals surface area contributed by atoms with Crippen LogP contribution in [0.1, 0.15) is 25.8 Å². The number of ketones is 1. The Kier molecular flexibility index (Phi) is 3.17. The molecule has 1 aliphatic heterocycles. The number of rotatable bonds is 1. The Morgan fingerprint density at radius 2 is 2.06 bits per heavy atom. The van der Waals surface area contributed by atoms with Crippen LogP contribution in [0.3, 0.4) is 0 Å². The van der Waals surface area contributed by atoms with Gasteiger partial charge < -0.3 is 4.90 Å². The Hall–Kier alpha value is -1.02. The van der Waals surface area contributed by atoms with Gasteiger partial charge in [0.15, 0.2) is 5.78 Å². The van der Waals surface area contributed by atoms with Crippen LogP contribution >= 0.6 is 11.6 Å². The average Bonchev–Trinajstić information content (AvgIpc) is 2.26. The maximum absolute atomic E-state index is 12.0. The maximum atomic E-state index is 12.0. The van der Waals surface area contributed by atoms with Gasteiger partial charge in [-0.3, -0.25) is 4.79 Å². The van der Waals surface area contributed by atoms with Crippen LogP contribution in [0.2, 0.25) is 5.02 Å². The summed E-state index contributed by atoms with van der Waals surface area (Å²) >= 11 is 6.11. The molecular formula is C14H18ClNO. The second-order valence-electron chi connectivity index (χ2n) is 5.36. The number of halogens is 1. The number of hydrogen-bond acceptors (Lipinski definition) is 2. The number of nitrogens with zero attached hydrogens (tertiary/aromatic N) is 1. The van der Waals surface area contributed by atoms with Crippen LogP contribution in [0.4, 0.5) is 5.69 Å². The number of Topliss-reactive ketones (excluding diaryl/α,β-unsaturated/α-hetero) is 1. The minimum absolute atomic E-state index is 0.178. The van der Waals surface area contributed by atoms with Crippen molar-refractivity contribution in [1.29, 1.82) is 0 Å². The normalized spacial score (nSPS) is 19.5. The quantitative estimate of drug-likeness (QED) is 0.762. The first kappa shape index (κ1) is 12.4. The lowest BCUT2D eigenvalue weighted by Crippen LogP contribution is -2.45. The first-order valence-electron chi connectivity index (χ1n) is 5.95. The average molecular weight is 252 g/mol. The fraction of sp³-hybridized carbons (Fsp3) is 0.500. The van der Waals surface area contributed by atoms with E-state index in [9.17, 15) is 4.79 Å². The maximum Gasteiger partial charge on any atom is 0.157 e. The number of carbonyl (C=O) groups excluding carboxylic acids is 1. The van der Waals surface area contributed by atoms with Crippen LogP contribution < -0.4 is 4.90 Å². The minimum atomic E-state index is -0.178. The molecule has 0 aromatic heterocycles. The van der Waals surface area contributed by atoms with Crippen LogP contribution in [0, 0.1) is 12.3 Å². The van der Waals surface area contributed by atoms with Gasteiger partial charge in [-0.25, -0.2) is 0 Å². The van der Waals surface area contributed by atoms with Gasteiger partial charge in [-0.05, 0) is 31.0 Å². The third-order valence-corrected chi connectivity index (χ3v) is 4.09. The van der Waals surface area contributed by atoms with Crippen molar-refractivity contribution in [2.24, 2.45) is 5.41 Å². The topological polar surface area (TPSA) is 20.3 Å². The molecule has 3 heteroatoms. The van der Waals surface area contributed by atoms with Crippen LogP contribution in [0.5, 0.6) is 0 Å². The molecule has 92 valence electrons. The molecule has 0 spiro atoms. The van der Waals surface area contributed by atoms with Crippen molar-refractivity contribution < 1.29 is 4.79 Å². The van der Waals surface area contributed by atoms with Gasteiger partial charge in [0.25, 0.3) is 0 Å². The zero-order valence-electron chi connectivity index (χ0n) is 10.6. The summed E-state index contributed by atoms with van der Waals surface area (Å²) in [6.07, 6.45) is 0.901. The fourth-order valence-electron chi connectivity index (χ4n) is 2.16. The molecule has 2 nitrogen and oxygen atoms in total. The van der Waals surface area contributed by atoms with E-state index in [4.69, 9.17) is 11.6 Å².